The van der Waals surface area contributed by atoms with Crippen molar-refractivity contribution in [2.24, 2.45) is 0 Å². The molecule has 2 aromatic heterocycles. The van der Waals surface area contributed by atoms with Crippen LogP contribution in [-0.4, -0.2) is 32.0 Å². The minimum absolute atomic E-state index is 0.00759. The molecule has 5 rings (SSSR count). The number of likely N-dealkylation sites (N-methyl/N-ethyl adjacent to an activating group) is 1. The van der Waals surface area contributed by atoms with Gasteiger partial charge in [0.15, 0.2) is 0 Å². The van der Waals surface area contributed by atoms with Gasteiger partial charge in [-0.3, -0.25) is 9.36 Å². The number of imidazole rings is 1. The van der Waals surface area contributed by atoms with Crippen molar-refractivity contribution in [2.75, 3.05) is 17.2 Å². The molecule has 0 aliphatic carbocycles. The molecular weight excluding hydrogens is 316 g/mol. The number of hydrogen-bond acceptors (Lipinski definition) is 5. The summed E-state index contributed by atoms with van der Waals surface area (Å²) in [6, 6.07) is 7.88. The van der Waals surface area contributed by atoms with Gasteiger partial charge < -0.3 is 10.6 Å². The van der Waals surface area contributed by atoms with Gasteiger partial charge in [0.05, 0.1) is 5.56 Å². The predicted octanol–water partition coefficient (Wildman–Crippen LogP) is 1.45. The number of amides is 1. The summed E-state index contributed by atoms with van der Waals surface area (Å²) in [5.41, 5.74) is 7.89. The molecule has 0 radical (unpaired) electrons. The maximum atomic E-state index is 13.6. The fourth-order valence-electron chi connectivity index (χ4n) is 4.22. The van der Waals surface area contributed by atoms with E-state index < -0.39 is 5.41 Å². The van der Waals surface area contributed by atoms with E-state index in [4.69, 9.17) is 5.73 Å². The molecule has 2 aliphatic rings. The Bertz CT molecular complexity index is 1030. The third kappa shape index (κ3) is 1.55. The Morgan fingerprint density at radius 2 is 2.08 bits per heavy atom. The molecule has 1 atom stereocenters. The summed E-state index contributed by atoms with van der Waals surface area (Å²) >= 11 is 0. The first kappa shape index (κ1) is 14.2. The van der Waals surface area contributed by atoms with Gasteiger partial charge in [0.1, 0.15) is 29.2 Å². The summed E-state index contributed by atoms with van der Waals surface area (Å²) in [5, 5.41) is 0. The van der Waals surface area contributed by atoms with Crippen LogP contribution in [0.3, 0.4) is 0 Å². The highest BCUT2D eigenvalue weighted by Gasteiger charge is 2.56. The predicted molar refractivity (Wildman–Crippen MR) is 92.5 cm³/mol. The number of aromatic nitrogens is 4. The number of fused-ring (bicyclic) bond motifs is 6. The maximum absolute atomic E-state index is 13.6. The second-order valence-electron chi connectivity index (χ2n) is 6.32. The number of para-hydroxylation sites is 1. The Kier molecular flexibility index (Phi) is 2.64. The molecule has 0 fully saturated rings. The molecule has 7 nitrogen and oxygen atoms in total. The van der Waals surface area contributed by atoms with Crippen LogP contribution in [0.25, 0.3) is 5.82 Å². The van der Waals surface area contributed by atoms with Gasteiger partial charge in [0.2, 0.25) is 5.91 Å². The largest absolute Gasteiger partial charge is 0.383 e. The Morgan fingerprint density at radius 1 is 1.24 bits per heavy atom. The molecule has 1 spiro atoms. The van der Waals surface area contributed by atoms with Crippen LogP contribution >= 0.6 is 0 Å². The van der Waals surface area contributed by atoms with E-state index in [0.29, 0.717) is 30.2 Å². The van der Waals surface area contributed by atoms with Crippen LogP contribution in [0.15, 0.2) is 43.0 Å². The third-order valence-electron chi connectivity index (χ3n) is 5.23. The first-order chi connectivity index (χ1) is 12.2. The number of benzene rings is 1. The van der Waals surface area contributed by atoms with E-state index >= 15 is 0 Å². The molecule has 1 aromatic carbocycles. The van der Waals surface area contributed by atoms with Gasteiger partial charge in [-0.15, -0.1) is 0 Å². The lowest BCUT2D eigenvalue weighted by molar-refractivity contribution is -0.122. The van der Waals surface area contributed by atoms with Crippen molar-refractivity contribution in [3.63, 3.8) is 0 Å². The zero-order valence-corrected chi connectivity index (χ0v) is 13.7. The maximum Gasteiger partial charge on any atom is 0.242 e. The SMILES string of the molecule is CCN1C(=O)C2(Cc3nccn3-c3ncnc(N)c32)c2ccccc21. The van der Waals surface area contributed by atoms with Crippen molar-refractivity contribution in [2.45, 2.75) is 18.8 Å². The lowest BCUT2D eigenvalue weighted by atomic mass is 9.71. The Hall–Kier alpha value is -3.22. The number of nitrogen functional groups attached to an aromatic ring is 1. The van der Waals surface area contributed by atoms with Crippen molar-refractivity contribution in [1.82, 2.24) is 19.5 Å². The molecule has 0 saturated carbocycles. The van der Waals surface area contributed by atoms with Gasteiger partial charge in [-0.1, -0.05) is 18.2 Å². The lowest BCUT2D eigenvalue weighted by Gasteiger charge is -2.34. The van der Waals surface area contributed by atoms with Crippen molar-refractivity contribution in [1.29, 1.82) is 0 Å². The average Bonchev–Trinajstić information content (AvgIpc) is 3.18. The minimum atomic E-state index is -0.922. The summed E-state index contributed by atoms with van der Waals surface area (Å²) in [5.74, 6) is 1.78. The second kappa shape index (κ2) is 4.66. The van der Waals surface area contributed by atoms with Gasteiger partial charge >= 0.3 is 0 Å². The Labute approximate surface area is 144 Å². The molecular formula is C18H16N6O. The second-order valence-corrected chi connectivity index (χ2v) is 6.32. The molecule has 3 aromatic rings. The lowest BCUT2D eigenvalue weighted by Crippen LogP contribution is -2.46. The first-order valence-electron chi connectivity index (χ1n) is 8.23. The molecule has 4 heterocycles. The van der Waals surface area contributed by atoms with Gasteiger partial charge in [-0.05, 0) is 18.6 Å². The van der Waals surface area contributed by atoms with Gasteiger partial charge in [-0.2, -0.15) is 0 Å². The van der Waals surface area contributed by atoms with Gasteiger partial charge in [-0.25, -0.2) is 15.0 Å². The van der Waals surface area contributed by atoms with Crippen molar-refractivity contribution in [3.05, 3.63) is 59.9 Å². The van der Waals surface area contributed by atoms with Crippen LogP contribution in [0.5, 0.6) is 0 Å². The number of nitrogens with two attached hydrogens (primary N) is 1. The molecule has 124 valence electrons. The fraction of sp³-hybridized carbons (Fsp3) is 0.222. The highest BCUT2D eigenvalue weighted by molar-refractivity contribution is 6.12. The number of carbonyl (C=O) groups is 1. The molecule has 1 unspecified atom stereocenters. The number of nitrogens with zero attached hydrogens (tertiary/aromatic N) is 5. The minimum Gasteiger partial charge on any atom is -0.383 e. The zero-order chi connectivity index (χ0) is 17.2. The van der Waals surface area contributed by atoms with Crippen LogP contribution < -0.4 is 10.6 Å². The van der Waals surface area contributed by atoms with E-state index in [0.717, 1.165) is 17.1 Å². The average molecular weight is 332 g/mol. The number of hydrogen-bond donors (Lipinski definition) is 1. The topological polar surface area (TPSA) is 89.9 Å². The molecule has 0 saturated heterocycles. The number of rotatable bonds is 1. The van der Waals surface area contributed by atoms with Crippen LogP contribution in [0.1, 0.15) is 23.9 Å². The highest BCUT2D eigenvalue weighted by atomic mass is 16.2. The molecule has 7 heteroatoms. The van der Waals surface area contributed by atoms with E-state index in [1.54, 1.807) is 6.20 Å². The summed E-state index contributed by atoms with van der Waals surface area (Å²) in [6.45, 7) is 2.57. The normalized spacial score (nSPS) is 20.5. The monoisotopic (exact) mass is 332 g/mol. The first-order valence-corrected chi connectivity index (χ1v) is 8.23. The van der Waals surface area contributed by atoms with Gasteiger partial charge in [0, 0.05) is 31.0 Å². The fourth-order valence-corrected chi connectivity index (χ4v) is 4.22. The van der Waals surface area contributed by atoms with Crippen molar-refractivity contribution < 1.29 is 4.79 Å². The molecule has 1 amide bonds. The Morgan fingerprint density at radius 3 is 2.92 bits per heavy atom. The third-order valence-corrected chi connectivity index (χ3v) is 5.23. The number of anilines is 2. The standard InChI is InChI=1S/C18H16N6O/c1-2-23-12-6-4-3-5-11(12)18(17(23)25)9-13-20-7-8-24(13)16-14(18)15(19)21-10-22-16/h3-8,10H,2,9H2,1H3,(H2,19,21,22). The van der Waals surface area contributed by atoms with E-state index in [1.807, 2.05) is 46.9 Å². The van der Waals surface area contributed by atoms with E-state index in [1.165, 1.54) is 6.33 Å². The molecule has 2 aliphatic heterocycles. The van der Waals surface area contributed by atoms with E-state index in [-0.39, 0.29) is 5.91 Å². The zero-order valence-electron chi connectivity index (χ0n) is 13.7. The van der Waals surface area contributed by atoms with Crippen LogP contribution in [0.2, 0.25) is 0 Å². The van der Waals surface area contributed by atoms with Crippen LogP contribution in [0, 0.1) is 0 Å². The van der Waals surface area contributed by atoms with Crippen LogP contribution in [0.4, 0.5) is 11.5 Å². The smallest absolute Gasteiger partial charge is 0.242 e. The Balaban J connectivity index is 1.91. The molecule has 2 N–H and O–H groups in total. The summed E-state index contributed by atoms with van der Waals surface area (Å²) in [4.78, 5) is 28.5. The van der Waals surface area contributed by atoms with E-state index in [9.17, 15) is 4.79 Å². The summed E-state index contributed by atoms with van der Waals surface area (Å²) in [6.07, 6.45) is 5.44. The van der Waals surface area contributed by atoms with Crippen molar-refractivity contribution >= 4 is 17.4 Å². The van der Waals surface area contributed by atoms with Crippen LogP contribution in [-0.2, 0) is 16.6 Å². The quantitative estimate of drug-likeness (QED) is 0.728. The molecule has 25 heavy (non-hydrogen) atoms. The highest BCUT2D eigenvalue weighted by Crippen LogP contribution is 2.52. The van der Waals surface area contributed by atoms with Gasteiger partial charge in [0.25, 0.3) is 0 Å². The number of carbonyl (C=O) groups excluding carboxylic acids is 1. The molecule has 0 bridgehead atoms. The van der Waals surface area contributed by atoms with E-state index in [2.05, 4.69) is 15.0 Å². The van der Waals surface area contributed by atoms with Crippen molar-refractivity contribution in [3.8, 4) is 5.82 Å². The summed E-state index contributed by atoms with van der Waals surface area (Å²) < 4.78 is 1.89. The summed E-state index contributed by atoms with van der Waals surface area (Å²) in [7, 11) is 0.